The summed E-state index contributed by atoms with van der Waals surface area (Å²) in [7, 11) is 0. The van der Waals surface area contributed by atoms with Gasteiger partial charge in [0.2, 0.25) is 0 Å². The highest BCUT2D eigenvalue weighted by atomic mass is 16.5. The second-order valence-corrected chi connectivity index (χ2v) is 5.72. The van der Waals surface area contributed by atoms with Crippen molar-refractivity contribution in [3.63, 3.8) is 0 Å². The molecule has 0 bridgehead atoms. The van der Waals surface area contributed by atoms with E-state index in [1.165, 1.54) is 31.2 Å². The first-order chi connectivity index (χ1) is 10.6. The molecule has 1 rings (SSSR count). The third kappa shape index (κ3) is 6.42. The van der Waals surface area contributed by atoms with Crippen LogP contribution in [0.4, 0.5) is 0 Å². The lowest BCUT2D eigenvalue weighted by molar-refractivity contribution is -0.141. The van der Waals surface area contributed by atoms with E-state index in [-0.39, 0.29) is 12.2 Å². The zero-order valence-electron chi connectivity index (χ0n) is 14.1. The normalized spacial score (nSPS) is 12.0. The van der Waals surface area contributed by atoms with Gasteiger partial charge in [0, 0.05) is 5.56 Å². The van der Waals surface area contributed by atoms with Crippen molar-refractivity contribution in [1.29, 1.82) is 0 Å². The van der Waals surface area contributed by atoms with Gasteiger partial charge in [0.05, 0.1) is 6.61 Å². The molecule has 0 saturated carbocycles. The summed E-state index contributed by atoms with van der Waals surface area (Å²) in [5, 5.41) is 0. The van der Waals surface area contributed by atoms with Gasteiger partial charge in [0.15, 0.2) is 5.78 Å². The van der Waals surface area contributed by atoms with E-state index in [0.717, 1.165) is 6.42 Å². The average Bonchev–Trinajstić information content (AvgIpc) is 2.52. The van der Waals surface area contributed by atoms with Crippen molar-refractivity contribution in [2.24, 2.45) is 5.92 Å². The molecule has 1 unspecified atom stereocenters. The number of carbonyl (C=O) groups is 2. The van der Waals surface area contributed by atoms with Gasteiger partial charge in [-0.05, 0) is 24.8 Å². The van der Waals surface area contributed by atoms with Gasteiger partial charge in [0.1, 0.15) is 6.42 Å². The SMILES string of the molecule is CCCCC(CC)Cc1ccc(C(=O)CC(=O)OCC)cc1. The standard InChI is InChI=1S/C19H28O3/c1-4-7-8-15(5-2)13-16-9-11-17(12-10-16)18(20)14-19(21)22-6-3/h9-12,15H,4-8,13-14H2,1-3H3. The number of esters is 1. The van der Waals surface area contributed by atoms with E-state index in [2.05, 4.69) is 13.8 Å². The molecule has 0 amide bonds. The predicted octanol–water partition coefficient (Wildman–Crippen LogP) is 4.58. The maximum atomic E-state index is 12.0. The van der Waals surface area contributed by atoms with E-state index in [1.54, 1.807) is 6.92 Å². The molecule has 0 radical (unpaired) electrons. The van der Waals surface area contributed by atoms with Crippen molar-refractivity contribution >= 4 is 11.8 Å². The number of carbonyl (C=O) groups excluding carboxylic acids is 2. The number of Topliss-reactive ketones (excluding diaryl/α,β-unsaturated/α-hetero) is 1. The van der Waals surface area contributed by atoms with Crippen LogP contribution in [-0.4, -0.2) is 18.4 Å². The third-order valence-corrected chi connectivity index (χ3v) is 3.95. The van der Waals surface area contributed by atoms with E-state index in [1.807, 2.05) is 24.3 Å². The number of ketones is 1. The Balaban J connectivity index is 2.58. The minimum Gasteiger partial charge on any atom is -0.466 e. The number of ether oxygens (including phenoxy) is 1. The first-order valence-corrected chi connectivity index (χ1v) is 8.38. The number of unbranched alkanes of at least 4 members (excludes halogenated alkanes) is 1. The molecule has 0 aromatic heterocycles. The Hall–Kier alpha value is -1.64. The van der Waals surface area contributed by atoms with Gasteiger partial charge >= 0.3 is 5.97 Å². The summed E-state index contributed by atoms with van der Waals surface area (Å²) in [5.74, 6) is 0.0752. The maximum Gasteiger partial charge on any atom is 0.313 e. The van der Waals surface area contributed by atoms with Crippen LogP contribution in [0, 0.1) is 5.92 Å². The summed E-state index contributed by atoms with van der Waals surface area (Å²) in [6.07, 6.45) is 5.83. The molecule has 1 aromatic rings. The van der Waals surface area contributed by atoms with Crippen molar-refractivity contribution in [2.75, 3.05) is 6.61 Å². The smallest absolute Gasteiger partial charge is 0.313 e. The monoisotopic (exact) mass is 304 g/mol. The Labute approximate surface area is 134 Å². The molecule has 0 N–H and O–H groups in total. The van der Waals surface area contributed by atoms with E-state index in [0.29, 0.717) is 18.1 Å². The summed E-state index contributed by atoms with van der Waals surface area (Å²) < 4.78 is 4.80. The highest BCUT2D eigenvalue weighted by Crippen LogP contribution is 2.19. The van der Waals surface area contributed by atoms with Crippen LogP contribution in [0.25, 0.3) is 0 Å². The summed E-state index contributed by atoms with van der Waals surface area (Å²) >= 11 is 0. The fraction of sp³-hybridized carbons (Fsp3) is 0.579. The van der Waals surface area contributed by atoms with Crippen LogP contribution in [0.3, 0.4) is 0 Å². The van der Waals surface area contributed by atoms with Crippen LogP contribution in [-0.2, 0) is 16.0 Å². The number of hydrogen-bond donors (Lipinski definition) is 0. The van der Waals surface area contributed by atoms with Crippen LogP contribution in [0.1, 0.15) is 68.8 Å². The molecule has 1 aromatic carbocycles. The highest BCUT2D eigenvalue weighted by molar-refractivity contribution is 6.05. The first kappa shape index (κ1) is 18.4. The van der Waals surface area contributed by atoms with Crippen LogP contribution >= 0.6 is 0 Å². The summed E-state index contributed by atoms with van der Waals surface area (Å²) in [6.45, 7) is 6.50. The molecule has 0 aliphatic heterocycles. The number of benzene rings is 1. The maximum absolute atomic E-state index is 12.0. The van der Waals surface area contributed by atoms with Gasteiger partial charge < -0.3 is 4.74 Å². The van der Waals surface area contributed by atoms with Crippen LogP contribution in [0.2, 0.25) is 0 Å². The lowest BCUT2D eigenvalue weighted by Crippen LogP contribution is -2.11. The Kier molecular flexibility index (Phi) is 8.49. The van der Waals surface area contributed by atoms with Crippen molar-refractivity contribution in [3.05, 3.63) is 35.4 Å². The van der Waals surface area contributed by atoms with Crippen molar-refractivity contribution in [2.45, 2.75) is 59.3 Å². The highest BCUT2D eigenvalue weighted by Gasteiger charge is 2.13. The van der Waals surface area contributed by atoms with Gasteiger partial charge in [-0.3, -0.25) is 9.59 Å². The molecule has 3 nitrogen and oxygen atoms in total. The molecule has 0 saturated heterocycles. The number of hydrogen-bond acceptors (Lipinski definition) is 3. The van der Waals surface area contributed by atoms with Crippen LogP contribution in [0.5, 0.6) is 0 Å². The molecule has 1 atom stereocenters. The quantitative estimate of drug-likeness (QED) is 0.361. The van der Waals surface area contributed by atoms with Gasteiger partial charge in [-0.15, -0.1) is 0 Å². The van der Waals surface area contributed by atoms with Crippen molar-refractivity contribution in [3.8, 4) is 0 Å². The Bertz CT molecular complexity index is 462. The Morgan fingerprint density at radius 1 is 1.09 bits per heavy atom. The average molecular weight is 304 g/mol. The number of rotatable bonds is 10. The largest absolute Gasteiger partial charge is 0.466 e. The van der Waals surface area contributed by atoms with Gasteiger partial charge in [-0.25, -0.2) is 0 Å². The minimum absolute atomic E-state index is 0.178. The molecule has 0 spiro atoms. The van der Waals surface area contributed by atoms with Gasteiger partial charge in [-0.2, -0.15) is 0 Å². The lowest BCUT2D eigenvalue weighted by atomic mass is 9.91. The Morgan fingerprint density at radius 3 is 2.32 bits per heavy atom. The molecule has 0 aliphatic carbocycles. The zero-order valence-corrected chi connectivity index (χ0v) is 14.1. The molecular formula is C19H28O3. The van der Waals surface area contributed by atoms with E-state index >= 15 is 0 Å². The van der Waals surface area contributed by atoms with E-state index in [9.17, 15) is 9.59 Å². The molecule has 0 fully saturated rings. The van der Waals surface area contributed by atoms with Gasteiger partial charge in [-0.1, -0.05) is 63.8 Å². The van der Waals surface area contributed by atoms with Crippen LogP contribution in [0.15, 0.2) is 24.3 Å². The summed E-state index contributed by atoms with van der Waals surface area (Å²) in [5.41, 5.74) is 1.84. The fourth-order valence-corrected chi connectivity index (χ4v) is 2.55. The van der Waals surface area contributed by atoms with Crippen molar-refractivity contribution in [1.82, 2.24) is 0 Å². The Morgan fingerprint density at radius 2 is 1.77 bits per heavy atom. The van der Waals surface area contributed by atoms with E-state index < -0.39 is 5.97 Å². The predicted molar refractivity (Wildman–Crippen MR) is 89.0 cm³/mol. The lowest BCUT2D eigenvalue weighted by Gasteiger charge is -2.14. The minimum atomic E-state index is -0.456. The van der Waals surface area contributed by atoms with Crippen molar-refractivity contribution < 1.29 is 14.3 Å². The van der Waals surface area contributed by atoms with Gasteiger partial charge in [0.25, 0.3) is 0 Å². The summed E-state index contributed by atoms with van der Waals surface area (Å²) in [4.78, 5) is 23.3. The topological polar surface area (TPSA) is 43.4 Å². The molecule has 3 heteroatoms. The molecule has 0 heterocycles. The molecular weight excluding hydrogens is 276 g/mol. The zero-order chi connectivity index (χ0) is 16.4. The molecule has 122 valence electrons. The molecule has 22 heavy (non-hydrogen) atoms. The molecule has 0 aliphatic rings. The third-order valence-electron chi connectivity index (χ3n) is 3.95. The fourth-order valence-electron chi connectivity index (χ4n) is 2.55. The first-order valence-electron chi connectivity index (χ1n) is 8.38. The second kappa shape index (κ2) is 10.1. The summed E-state index contributed by atoms with van der Waals surface area (Å²) in [6, 6.07) is 7.66. The second-order valence-electron chi connectivity index (χ2n) is 5.72. The van der Waals surface area contributed by atoms with E-state index in [4.69, 9.17) is 4.74 Å². The van der Waals surface area contributed by atoms with Crippen LogP contribution < -0.4 is 0 Å².